The summed E-state index contributed by atoms with van der Waals surface area (Å²) in [5.41, 5.74) is 11.3. The summed E-state index contributed by atoms with van der Waals surface area (Å²) in [6.45, 7) is 4.90. The van der Waals surface area contributed by atoms with Crippen LogP contribution in [-0.2, 0) is 5.41 Å². The predicted octanol–water partition coefficient (Wildman–Crippen LogP) is 14.2. The van der Waals surface area contributed by atoms with E-state index in [1.54, 1.807) is 0 Å². The van der Waals surface area contributed by atoms with Gasteiger partial charge < -0.3 is 0 Å². The molecule has 9 aromatic rings. The molecule has 0 atom stereocenters. The van der Waals surface area contributed by atoms with Crippen molar-refractivity contribution in [1.29, 1.82) is 0 Å². The van der Waals surface area contributed by atoms with Crippen molar-refractivity contribution in [2.45, 2.75) is 32.1 Å². The van der Waals surface area contributed by atoms with Crippen LogP contribution < -0.4 is 0 Å². The van der Waals surface area contributed by atoms with E-state index < -0.39 is 0 Å². The van der Waals surface area contributed by atoms with Gasteiger partial charge in [-0.2, -0.15) is 0 Å². The van der Waals surface area contributed by atoms with Crippen LogP contribution in [0.5, 0.6) is 0 Å². The van der Waals surface area contributed by atoms with E-state index in [4.69, 9.17) is 0 Å². The van der Waals surface area contributed by atoms with Crippen molar-refractivity contribution in [3.8, 4) is 11.1 Å². The van der Waals surface area contributed by atoms with Crippen molar-refractivity contribution in [2.24, 2.45) is 0 Å². The highest BCUT2D eigenvalue weighted by molar-refractivity contribution is 6.24. The van der Waals surface area contributed by atoms with Crippen LogP contribution in [0.15, 0.2) is 163 Å². The maximum absolute atomic E-state index is 2.53. The zero-order valence-electron chi connectivity index (χ0n) is 28.9. The summed E-state index contributed by atoms with van der Waals surface area (Å²) >= 11 is 0. The third-order valence-electron chi connectivity index (χ3n) is 12.1. The molecule has 0 aliphatic heterocycles. The Morgan fingerprint density at radius 3 is 1.73 bits per heavy atom. The van der Waals surface area contributed by atoms with E-state index >= 15 is 0 Å². The fraction of sp³-hybridized carbons (Fsp3) is 0.0980. The van der Waals surface area contributed by atoms with E-state index in [0.29, 0.717) is 0 Å². The van der Waals surface area contributed by atoms with Gasteiger partial charge in [0.05, 0.1) is 0 Å². The van der Waals surface area contributed by atoms with Gasteiger partial charge in [-0.1, -0.05) is 159 Å². The molecule has 0 unspecified atom stereocenters. The highest BCUT2D eigenvalue weighted by Crippen LogP contribution is 2.58. The number of hydrogen-bond acceptors (Lipinski definition) is 0. The van der Waals surface area contributed by atoms with Crippen LogP contribution in [0.25, 0.3) is 86.9 Å². The zero-order chi connectivity index (χ0) is 33.8. The summed E-state index contributed by atoms with van der Waals surface area (Å²) in [4.78, 5) is 0. The molecule has 240 valence electrons. The lowest BCUT2D eigenvalue weighted by molar-refractivity contribution is 0.659. The molecule has 0 nitrogen and oxygen atoms in total. The van der Waals surface area contributed by atoms with Gasteiger partial charge in [-0.25, -0.2) is 0 Å². The molecular weight excluding hydrogens is 613 g/mol. The Hall–Kier alpha value is -5.98. The molecule has 0 fully saturated rings. The van der Waals surface area contributed by atoms with Crippen LogP contribution in [0, 0.1) is 0 Å². The standard InChI is InChI=1S/C51H36/c1-51(2)46-28-26-31-13-5-6-16-35(31)49(46)44-24-12-23-43(50(44)51)48-41-19-9-7-17-39(41)47(40-18-8-10-20-42(40)48)38-22-11-21-36-37(38)27-25-34-29-32-14-3-4-15-33(32)30-45(34)36/h3-11,13-22,24-30H,12,23H2,1-2H3. The van der Waals surface area contributed by atoms with Gasteiger partial charge in [0.1, 0.15) is 0 Å². The second kappa shape index (κ2) is 10.5. The van der Waals surface area contributed by atoms with Crippen LogP contribution in [0.4, 0.5) is 0 Å². The minimum Gasteiger partial charge on any atom is -0.0760 e. The molecule has 0 heteroatoms. The fourth-order valence-electron chi connectivity index (χ4n) is 9.90. The number of rotatable bonds is 2. The Labute approximate surface area is 298 Å². The first-order valence-electron chi connectivity index (χ1n) is 18.3. The molecule has 0 spiro atoms. The third-order valence-corrected chi connectivity index (χ3v) is 12.1. The predicted molar refractivity (Wildman–Crippen MR) is 221 cm³/mol. The van der Waals surface area contributed by atoms with Gasteiger partial charge in [0.25, 0.3) is 0 Å². The molecule has 0 bridgehead atoms. The molecular formula is C51H36. The topological polar surface area (TPSA) is 0 Å². The molecule has 0 saturated carbocycles. The number of fused-ring (bicyclic) bond motifs is 11. The minimum atomic E-state index is -0.108. The van der Waals surface area contributed by atoms with E-state index in [1.165, 1.54) is 109 Å². The number of allylic oxidation sites excluding steroid dienone is 4. The maximum atomic E-state index is 2.53. The lowest BCUT2D eigenvalue weighted by atomic mass is 9.73. The lowest BCUT2D eigenvalue weighted by Gasteiger charge is -2.30. The van der Waals surface area contributed by atoms with Gasteiger partial charge in [-0.3, -0.25) is 0 Å². The van der Waals surface area contributed by atoms with Crippen molar-refractivity contribution in [3.05, 3.63) is 180 Å². The van der Waals surface area contributed by atoms with Crippen molar-refractivity contribution >= 4 is 75.8 Å². The highest BCUT2D eigenvalue weighted by Gasteiger charge is 2.42. The van der Waals surface area contributed by atoms with E-state index in [2.05, 4.69) is 172 Å². The first-order valence-corrected chi connectivity index (χ1v) is 18.3. The SMILES string of the molecule is CC1(C)C2=C(c3c4ccccc4c(-c4cccc5c4ccc4cc6ccccc6cc45)c4ccccc34)CCC=C2c2c1ccc1ccccc21. The Balaban J connectivity index is 1.22. The average molecular weight is 649 g/mol. The first kappa shape index (κ1) is 28.8. The average Bonchev–Trinajstić information content (AvgIpc) is 3.42. The van der Waals surface area contributed by atoms with E-state index in [1.807, 2.05) is 0 Å². The van der Waals surface area contributed by atoms with Crippen molar-refractivity contribution in [3.63, 3.8) is 0 Å². The monoisotopic (exact) mass is 648 g/mol. The van der Waals surface area contributed by atoms with Crippen LogP contribution >= 0.6 is 0 Å². The number of hydrogen-bond donors (Lipinski definition) is 0. The Bertz CT molecular complexity index is 2980. The molecule has 51 heavy (non-hydrogen) atoms. The molecule has 9 aromatic carbocycles. The third kappa shape index (κ3) is 3.96. The Morgan fingerprint density at radius 1 is 0.412 bits per heavy atom. The molecule has 0 heterocycles. The molecule has 11 rings (SSSR count). The van der Waals surface area contributed by atoms with Crippen molar-refractivity contribution < 1.29 is 0 Å². The van der Waals surface area contributed by atoms with Crippen molar-refractivity contribution in [2.75, 3.05) is 0 Å². The number of benzene rings is 9. The van der Waals surface area contributed by atoms with Crippen molar-refractivity contribution in [1.82, 2.24) is 0 Å². The minimum absolute atomic E-state index is 0.108. The lowest BCUT2D eigenvalue weighted by Crippen LogP contribution is -2.18. The van der Waals surface area contributed by atoms with Gasteiger partial charge in [0.2, 0.25) is 0 Å². The van der Waals surface area contributed by atoms with Gasteiger partial charge in [-0.15, -0.1) is 0 Å². The summed E-state index contributed by atoms with van der Waals surface area (Å²) in [6, 6.07) is 57.0. The second-order valence-corrected chi connectivity index (χ2v) is 15.1. The van der Waals surface area contributed by atoms with Gasteiger partial charge >= 0.3 is 0 Å². The molecule has 2 aliphatic rings. The normalized spacial score (nSPS) is 15.3. The molecule has 0 saturated heterocycles. The van der Waals surface area contributed by atoms with Crippen LogP contribution in [-0.4, -0.2) is 0 Å². The van der Waals surface area contributed by atoms with E-state index in [-0.39, 0.29) is 5.41 Å². The molecule has 0 N–H and O–H groups in total. The Kier molecular flexibility index (Phi) is 5.94. The summed E-state index contributed by atoms with van der Waals surface area (Å²) in [7, 11) is 0. The summed E-state index contributed by atoms with van der Waals surface area (Å²) in [5, 5.41) is 15.8. The largest absolute Gasteiger partial charge is 0.0760 e. The zero-order valence-corrected chi connectivity index (χ0v) is 28.9. The van der Waals surface area contributed by atoms with Crippen LogP contribution in [0.3, 0.4) is 0 Å². The highest BCUT2D eigenvalue weighted by atomic mass is 14.4. The summed E-state index contributed by atoms with van der Waals surface area (Å²) in [6.07, 6.45) is 4.61. The molecule has 0 radical (unpaired) electrons. The molecule has 2 aliphatic carbocycles. The summed E-state index contributed by atoms with van der Waals surface area (Å²) < 4.78 is 0. The second-order valence-electron chi connectivity index (χ2n) is 15.1. The van der Waals surface area contributed by atoms with E-state index in [9.17, 15) is 0 Å². The first-order chi connectivity index (χ1) is 25.1. The maximum Gasteiger partial charge on any atom is 0.0161 e. The molecule has 0 aromatic heterocycles. The quantitative estimate of drug-likeness (QED) is 0.129. The van der Waals surface area contributed by atoms with Gasteiger partial charge in [0, 0.05) is 5.41 Å². The van der Waals surface area contributed by atoms with Crippen LogP contribution in [0.1, 0.15) is 43.4 Å². The molecule has 0 amide bonds. The van der Waals surface area contributed by atoms with Gasteiger partial charge in [-0.05, 0) is 134 Å². The fourth-order valence-corrected chi connectivity index (χ4v) is 9.90. The smallest absolute Gasteiger partial charge is 0.0161 e. The Morgan fingerprint density at radius 2 is 1.00 bits per heavy atom. The van der Waals surface area contributed by atoms with Crippen LogP contribution in [0.2, 0.25) is 0 Å². The van der Waals surface area contributed by atoms with Gasteiger partial charge in [0.15, 0.2) is 0 Å². The van der Waals surface area contributed by atoms with E-state index in [0.717, 1.165) is 12.8 Å². The summed E-state index contributed by atoms with van der Waals surface area (Å²) in [5.74, 6) is 0.